The van der Waals surface area contributed by atoms with Gasteiger partial charge in [-0.05, 0) is 25.4 Å². The number of rotatable bonds is 5. The summed E-state index contributed by atoms with van der Waals surface area (Å²) in [5.41, 5.74) is 5.57. The SMILES string of the molecule is CSCCC(C)Nc1ncnc(N)c1Cl. The van der Waals surface area contributed by atoms with Crippen LogP contribution < -0.4 is 11.1 Å². The zero-order valence-electron chi connectivity index (χ0n) is 8.83. The zero-order chi connectivity index (χ0) is 11.3. The van der Waals surface area contributed by atoms with Crippen molar-refractivity contribution in [3.8, 4) is 0 Å². The second-order valence-corrected chi connectivity index (χ2v) is 4.61. The van der Waals surface area contributed by atoms with Crippen LogP contribution in [0, 0.1) is 0 Å². The average Bonchev–Trinajstić information content (AvgIpc) is 2.22. The van der Waals surface area contributed by atoms with Gasteiger partial charge in [0.1, 0.15) is 17.2 Å². The summed E-state index contributed by atoms with van der Waals surface area (Å²) in [6.07, 6.45) is 4.55. The minimum absolute atomic E-state index is 0.311. The summed E-state index contributed by atoms with van der Waals surface area (Å²) in [4.78, 5) is 7.85. The molecule has 1 atom stereocenters. The fourth-order valence-corrected chi connectivity index (χ4v) is 1.83. The molecule has 0 saturated heterocycles. The van der Waals surface area contributed by atoms with Crippen LogP contribution in [0.3, 0.4) is 0 Å². The van der Waals surface area contributed by atoms with Crippen molar-refractivity contribution in [1.82, 2.24) is 9.97 Å². The summed E-state index contributed by atoms with van der Waals surface area (Å²) >= 11 is 7.77. The van der Waals surface area contributed by atoms with E-state index in [1.807, 2.05) is 11.8 Å². The lowest BCUT2D eigenvalue weighted by Crippen LogP contribution is -2.17. The number of nitrogens with two attached hydrogens (primary N) is 1. The summed E-state index contributed by atoms with van der Waals surface area (Å²) in [5.74, 6) is 2.02. The lowest BCUT2D eigenvalue weighted by Gasteiger charge is -2.14. The van der Waals surface area contributed by atoms with E-state index in [0.29, 0.717) is 22.7 Å². The van der Waals surface area contributed by atoms with Crippen molar-refractivity contribution in [2.45, 2.75) is 19.4 Å². The molecular formula is C9H15ClN4S. The molecule has 4 nitrogen and oxygen atoms in total. The van der Waals surface area contributed by atoms with Gasteiger partial charge in [-0.3, -0.25) is 0 Å². The number of nitrogens with one attached hydrogen (secondary N) is 1. The van der Waals surface area contributed by atoms with Gasteiger partial charge in [0.2, 0.25) is 0 Å². The molecule has 0 amide bonds. The second-order valence-electron chi connectivity index (χ2n) is 3.25. The van der Waals surface area contributed by atoms with Gasteiger partial charge in [-0.1, -0.05) is 11.6 Å². The van der Waals surface area contributed by atoms with E-state index < -0.39 is 0 Å². The Morgan fingerprint density at radius 2 is 2.33 bits per heavy atom. The van der Waals surface area contributed by atoms with Crippen LogP contribution in [-0.4, -0.2) is 28.0 Å². The third-order valence-electron chi connectivity index (χ3n) is 1.95. The van der Waals surface area contributed by atoms with Crippen LogP contribution in [0.4, 0.5) is 11.6 Å². The standard InChI is InChI=1S/C9H15ClN4S/c1-6(3-4-15-2)14-9-7(10)8(11)12-5-13-9/h5-6H,3-4H2,1-2H3,(H3,11,12,13,14). The summed E-state index contributed by atoms with van der Waals surface area (Å²) in [5, 5.41) is 3.61. The van der Waals surface area contributed by atoms with Crippen molar-refractivity contribution in [3.63, 3.8) is 0 Å². The van der Waals surface area contributed by atoms with Crippen LogP contribution in [0.2, 0.25) is 5.02 Å². The topological polar surface area (TPSA) is 63.8 Å². The summed E-state index contributed by atoms with van der Waals surface area (Å²) in [7, 11) is 0. The molecular weight excluding hydrogens is 232 g/mol. The Morgan fingerprint density at radius 3 is 3.00 bits per heavy atom. The van der Waals surface area contributed by atoms with E-state index in [0.717, 1.165) is 12.2 Å². The summed E-state index contributed by atoms with van der Waals surface area (Å²) in [6, 6.07) is 0.323. The number of hydrogen-bond acceptors (Lipinski definition) is 5. The Bertz CT molecular complexity index is 321. The van der Waals surface area contributed by atoms with Crippen molar-refractivity contribution in [3.05, 3.63) is 11.3 Å². The van der Waals surface area contributed by atoms with Gasteiger partial charge in [-0.2, -0.15) is 11.8 Å². The molecule has 3 N–H and O–H groups in total. The number of thioether (sulfide) groups is 1. The lowest BCUT2D eigenvalue weighted by atomic mass is 10.2. The molecule has 1 rings (SSSR count). The number of aromatic nitrogens is 2. The Kier molecular flexibility index (Phi) is 4.98. The van der Waals surface area contributed by atoms with Crippen LogP contribution in [0.25, 0.3) is 0 Å². The Labute approximate surface area is 99.0 Å². The van der Waals surface area contributed by atoms with Gasteiger partial charge >= 0.3 is 0 Å². The van der Waals surface area contributed by atoms with Gasteiger partial charge in [0, 0.05) is 6.04 Å². The monoisotopic (exact) mass is 246 g/mol. The highest BCUT2D eigenvalue weighted by atomic mass is 35.5. The smallest absolute Gasteiger partial charge is 0.150 e. The largest absolute Gasteiger partial charge is 0.382 e. The second kappa shape index (κ2) is 6.02. The molecule has 0 fully saturated rings. The minimum atomic E-state index is 0.311. The fourth-order valence-electron chi connectivity index (χ4n) is 1.08. The molecule has 1 aromatic heterocycles. The van der Waals surface area contributed by atoms with Gasteiger partial charge in [0.25, 0.3) is 0 Å². The highest BCUT2D eigenvalue weighted by molar-refractivity contribution is 7.98. The highest BCUT2D eigenvalue weighted by Crippen LogP contribution is 2.24. The molecule has 0 aliphatic carbocycles. The summed E-state index contributed by atoms with van der Waals surface area (Å²) < 4.78 is 0. The lowest BCUT2D eigenvalue weighted by molar-refractivity contribution is 0.766. The molecule has 0 radical (unpaired) electrons. The minimum Gasteiger partial charge on any atom is -0.382 e. The molecule has 0 bridgehead atoms. The first-order valence-electron chi connectivity index (χ1n) is 4.66. The number of nitrogens with zero attached hydrogens (tertiary/aromatic N) is 2. The first-order valence-corrected chi connectivity index (χ1v) is 6.43. The van der Waals surface area contributed by atoms with E-state index in [-0.39, 0.29) is 0 Å². The fraction of sp³-hybridized carbons (Fsp3) is 0.556. The van der Waals surface area contributed by atoms with Crippen LogP contribution in [0.5, 0.6) is 0 Å². The van der Waals surface area contributed by atoms with Crippen LogP contribution in [0.15, 0.2) is 6.33 Å². The van der Waals surface area contributed by atoms with Crippen molar-refractivity contribution in [2.75, 3.05) is 23.1 Å². The molecule has 1 heterocycles. The van der Waals surface area contributed by atoms with Gasteiger partial charge in [0.15, 0.2) is 5.82 Å². The third kappa shape index (κ3) is 3.76. The van der Waals surface area contributed by atoms with Crippen LogP contribution >= 0.6 is 23.4 Å². The molecule has 0 saturated carbocycles. The quantitative estimate of drug-likeness (QED) is 0.835. The number of anilines is 2. The maximum atomic E-state index is 5.95. The van der Waals surface area contributed by atoms with Gasteiger partial charge < -0.3 is 11.1 Å². The summed E-state index contributed by atoms with van der Waals surface area (Å²) in [6.45, 7) is 2.09. The van der Waals surface area contributed by atoms with E-state index in [2.05, 4.69) is 28.5 Å². The molecule has 0 aromatic carbocycles. The van der Waals surface area contributed by atoms with E-state index >= 15 is 0 Å². The van der Waals surface area contributed by atoms with E-state index in [4.69, 9.17) is 17.3 Å². The average molecular weight is 247 g/mol. The number of hydrogen-bond donors (Lipinski definition) is 2. The Morgan fingerprint density at radius 1 is 1.60 bits per heavy atom. The maximum Gasteiger partial charge on any atom is 0.150 e. The zero-order valence-corrected chi connectivity index (χ0v) is 10.4. The van der Waals surface area contributed by atoms with Crippen molar-refractivity contribution in [2.24, 2.45) is 0 Å². The predicted molar refractivity (Wildman–Crippen MR) is 67.5 cm³/mol. The normalized spacial score (nSPS) is 12.5. The number of halogens is 1. The van der Waals surface area contributed by atoms with Gasteiger partial charge in [0.05, 0.1) is 0 Å². The maximum absolute atomic E-state index is 5.95. The molecule has 0 aliphatic heterocycles. The molecule has 1 aromatic rings. The first kappa shape index (κ1) is 12.4. The number of nitrogen functional groups attached to an aromatic ring is 1. The predicted octanol–water partition coefficient (Wildman–Crippen LogP) is 2.27. The van der Waals surface area contributed by atoms with E-state index in [9.17, 15) is 0 Å². The van der Waals surface area contributed by atoms with Crippen LogP contribution in [-0.2, 0) is 0 Å². The van der Waals surface area contributed by atoms with Gasteiger partial charge in [-0.15, -0.1) is 0 Å². The van der Waals surface area contributed by atoms with Crippen LogP contribution in [0.1, 0.15) is 13.3 Å². The van der Waals surface area contributed by atoms with Gasteiger partial charge in [-0.25, -0.2) is 9.97 Å². The third-order valence-corrected chi connectivity index (χ3v) is 2.97. The van der Waals surface area contributed by atoms with E-state index in [1.165, 1.54) is 6.33 Å². The van der Waals surface area contributed by atoms with E-state index in [1.54, 1.807) is 0 Å². The van der Waals surface area contributed by atoms with Crippen molar-refractivity contribution < 1.29 is 0 Å². The van der Waals surface area contributed by atoms with Crippen molar-refractivity contribution >= 4 is 35.0 Å². The molecule has 0 spiro atoms. The molecule has 1 unspecified atom stereocenters. The molecule has 6 heteroatoms. The molecule has 15 heavy (non-hydrogen) atoms. The Balaban J connectivity index is 2.60. The highest BCUT2D eigenvalue weighted by Gasteiger charge is 2.08. The molecule has 84 valence electrons. The van der Waals surface area contributed by atoms with Crippen molar-refractivity contribution in [1.29, 1.82) is 0 Å². The first-order chi connectivity index (χ1) is 7.15. The molecule has 0 aliphatic rings. The Hall–Kier alpha value is -0.680.